The van der Waals surface area contributed by atoms with Crippen LogP contribution in [0.2, 0.25) is 0 Å². The number of nitrogens with zero attached hydrogens (tertiary/aromatic N) is 4. The summed E-state index contributed by atoms with van der Waals surface area (Å²) in [4.78, 5) is 43.5. The van der Waals surface area contributed by atoms with Crippen molar-refractivity contribution in [1.82, 2.24) is 0 Å². The molecule has 1 unspecified atom stereocenters. The van der Waals surface area contributed by atoms with E-state index in [2.05, 4.69) is 18.9 Å². The molecule has 0 amide bonds. The number of benzene rings is 1. The van der Waals surface area contributed by atoms with Crippen molar-refractivity contribution in [3.05, 3.63) is 38.8 Å². The Balaban J connectivity index is 3.19. The van der Waals surface area contributed by atoms with Crippen molar-refractivity contribution < 1.29 is 37.6 Å². The zero-order valence-electron chi connectivity index (χ0n) is 9.59. The zero-order chi connectivity index (χ0) is 16.3. The number of rotatable bonds is 6. The predicted octanol–water partition coefficient (Wildman–Crippen LogP) is 0.229. The van der Waals surface area contributed by atoms with E-state index in [-0.39, 0.29) is 5.69 Å². The second-order valence-corrected chi connectivity index (χ2v) is 5.79. The highest BCUT2D eigenvalue weighted by molar-refractivity contribution is 7.58. The van der Waals surface area contributed by atoms with Crippen LogP contribution in [-0.2, 0) is 13.4 Å². The van der Waals surface area contributed by atoms with Gasteiger partial charge in [-0.15, -0.1) is 0 Å². The fourth-order valence-corrected chi connectivity index (χ4v) is 2.61. The summed E-state index contributed by atoms with van der Waals surface area (Å²) in [5.41, 5.74) is 7.00. The molecular formula is C6H3N4O9P2-3. The Morgan fingerprint density at radius 2 is 1.90 bits per heavy atom. The lowest BCUT2D eigenvalue weighted by Gasteiger charge is -2.34. The molecule has 1 aromatic rings. The third-order valence-electron chi connectivity index (χ3n) is 1.71. The van der Waals surface area contributed by atoms with E-state index in [1.807, 2.05) is 0 Å². The largest absolute Gasteiger partial charge is 0.789 e. The number of phosphoric ester groups is 1. The maximum atomic E-state index is 11.1. The Morgan fingerprint density at radius 3 is 2.38 bits per heavy atom. The molecule has 0 aliphatic carbocycles. The van der Waals surface area contributed by atoms with Gasteiger partial charge in [-0.25, -0.2) is 0 Å². The highest BCUT2D eigenvalue weighted by atomic mass is 31.3. The Morgan fingerprint density at radius 1 is 1.29 bits per heavy atom. The summed E-state index contributed by atoms with van der Waals surface area (Å²) in [7, 11) is -11.6. The highest BCUT2D eigenvalue weighted by Crippen LogP contribution is 2.52. The minimum Gasteiger partial charge on any atom is -0.789 e. The van der Waals surface area contributed by atoms with Gasteiger partial charge in [0.2, 0.25) is 5.75 Å². The molecule has 0 fully saturated rings. The van der Waals surface area contributed by atoms with E-state index in [0.29, 0.717) is 6.07 Å². The Kier molecular flexibility index (Phi) is 5.05. The predicted molar refractivity (Wildman–Crippen MR) is 58.8 cm³/mol. The average Bonchev–Trinajstić information content (AvgIpc) is 2.27. The van der Waals surface area contributed by atoms with E-state index >= 15 is 0 Å². The Bertz CT molecular complexity index is 708. The van der Waals surface area contributed by atoms with Gasteiger partial charge < -0.3 is 23.8 Å². The molecule has 0 aliphatic rings. The van der Waals surface area contributed by atoms with Gasteiger partial charge in [-0.2, -0.15) is 0 Å². The molecule has 0 N–H and O–H groups in total. The van der Waals surface area contributed by atoms with Crippen LogP contribution in [-0.4, -0.2) is 4.92 Å². The lowest BCUT2D eigenvalue weighted by atomic mass is 10.2. The maximum Gasteiger partial charge on any atom is 0.323 e. The molecule has 114 valence electrons. The van der Waals surface area contributed by atoms with Crippen molar-refractivity contribution in [1.29, 1.82) is 0 Å². The van der Waals surface area contributed by atoms with Gasteiger partial charge in [-0.05, 0) is 17.7 Å². The van der Waals surface area contributed by atoms with E-state index in [4.69, 9.17) is 5.53 Å². The molecule has 0 aromatic heterocycles. The molecule has 0 radical (unpaired) electrons. The molecule has 1 rings (SSSR count). The van der Waals surface area contributed by atoms with Gasteiger partial charge in [0.15, 0.2) is 0 Å². The summed E-state index contributed by atoms with van der Waals surface area (Å²) < 4.78 is 28.5. The first-order chi connectivity index (χ1) is 9.54. The lowest BCUT2D eigenvalue weighted by molar-refractivity contribution is -0.385. The van der Waals surface area contributed by atoms with Crippen molar-refractivity contribution in [2.45, 2.75) is 0 Å². The zero-order valence-corrected chi connectivity index (χ0v) is 11.4. The van der Waals surface area contributed by atoms with Crippen molar-refractivity contribution >= 4 is 27.0 Å². The average molecular weight is 337 g/mol. The van der Waals surface area contributed by atoms with Gasteiger partial charge in [0.05, 0.1) is 12.7 Å². The van der Waals surface area contributed by atoms with E-state index in [1.54, 1.807) is 0 Å². The van der Waals surface area contributed by atoms with Crippen LogP contribution in [0.15, 0.2) is 23.3 Å². The minimum absolute atomic E-state index is 0.225. The summed E-state index contributed by atoms with van der Waals surface area (Å²) in [6, 6.07) is 2.34. The molecule has 1 aromatic carbocycles. The molecule has 0 saturated carbocycles. The van der Waals surface area contributed by atoms with E-state index in [0.717, 1.165) is 12.1 Å². The molecule has 15 heteroatoms. The summed E-state index contributed by atoms with van der Waals surface area (Å²) in [6.07, 6.45) is 0. The van der Waals surface area contributed by atoms with Crippen molar-refractivity contribution in [2.75, 3.05) is 0 Å². The minimum atomic E-state index is -5.92. The quantitative estimate of drug-likeness (QED) is 0.173. The molecule has 0 spiro atoms. The Labute approximate surface area is 115 Å². The SMILES string of the molecule is [N-]=[N+]=Nc1ccc(OP(=O)([O-])OP(=O)([O-])[O-])c([N+](=O)[O-])c1. The summed E-state index contributed by atoms with van der Waals surface area (Å²) in [6.45, 7) is 0. The number of phosphoric acid groups is 2. The number of azide groups is 1. The molecule has 0 aliphatic heterocycles. The lowest BCUT2D eigenvalue weighted by Crippen LogP contribution is -2.20. The second kappa shape index (κ2) is 6.20. The third-order valence-corrected chi connectivity index (χ3v) is 3.73. The highest BCUT2D eigenvalue weighted by Gasteiger charge is 2.22. The summed E-state index contributed by atoms with van der Waals surface area (Å²) in [5.74, 6) is -0.927. The molecule has 0 heterocycles. The normalized spacial score (nSPS) is 13.9. The number of nitro groups is 1. The second-order valence-electron chi connectivity index (χ2n) is 3.17. The third kappa shape index (κ3) is 5.50. The van der Waals surface area contributed by atoms with Gasteiger partial charge in [-0.3, -0.25) is 19.0 Å². The van der Waals surface area contributed by atoms with Crippen LogP contribution >= 0.6 is 15.6 Å². The van der Waals surface area contributed by atoms with Crippen LogP contribution in [0.5, 0.6) is 5.75 Å². The fourth-order valence-electron chi connectivity index (χ4n) is 1.10. The Hall–Kier alpha value is -1.97. The first-order valence-corrected chi connectivity index (χ1v) is 7.54. The van der Waals surface area contributed by atoms with Crippen molar-refractivity contribution in [3.8, 4) is 5.75 Å². The molecular weight excluding hydrogens is 334 g/mol. The molecule has 0 saturated heterocycles. The van der Waals surface area contributed by atoms with Gasteiger partial charge in [0.1, 0.15) is 0 Å². The first-order valence-electron chi connectivity index (χ1n) is 4.62. The van der Waals surface area contributed by atoms with E-state index in [9.17, 15) is 33.9 Å². The van der Waals surface area contributed by atoms with Crippen molar-refractivity contribution in [3.63, 3.8) is 0 Å². The maximum absolute atomic E-state index is 11.1. The van der Waals surface area contributed by atoms with Gasteiger partial charge in [-0.1, -0.05) is 5.11 Å². The van der Waals surface area contributed by atoms with E-state index in [1.165, 1.54) is 0 Å². The topological polar surface area (TPSA) is 214 Å². The van der Waals surface area contributed by atoms with Crippen LogP contribution < -0.4 is 19.2 Å². The number of hydrogen-bond donors (Lipinski definition) is 0. The van der Waals surface area contributed by atoms with Gasteiger partial charge in [0, 0.05) is 16.7 Å². The summed E-state index contributed by atoms with van der Waals surface area (Å²) >= 11 is 0. The van der Waals surface area contributed by atoms with Crippen molar-refractivity contribution in [2.24, 2.45) is 5.11 Å². The number of hydrogen-bond acceptors (Lipinski definition) is 10. The van der Waals surface area contributed by atoms with Gasteiger partial charge >= 0.3 is 13.5 Å². The fraction of sp³-hybridized carbons (Fsp3) is 0. The summed E-state index contributed by atoms with van der Waals surface area (Å²) in [5, 5.41) is 13.8. The smallest absolute Gasteiger partial charge is 0.323 e. The van der Waals surface area contributed by atoms with Crippen LogP contribution in [0, 0.1) is 10.1 Å². The number of nitro benzene ring substituents is 1. The molecule has 13 nitrogen and oxygen atoms in total. The first kappa shape index (κ1) is 17.1. The van der Waals surface area contributed by atoms with Crippen LogP contribution in [0.1, 0.15) is 0 Å². The van der Waals surface area contributed by atoms with Gasteiger partial charge in [0.25, 0.3) is 0 Å². The monoisotopic (exact) mass is 337 g/mol. The van der Waals surface area contributed by atoms with Crippen LogP contribution in [0.25, 0.3) is 10.4 Å². The van der Waals surface area contributed by atoms with E-state index < -0.39 is 32.0 Å². The van der Waals surface area contributed by atoms with Crippen LogP contribution in [0.3, 0.4) is 0 Å². The molecule has 0 bridgehead atoms. The molecule has 1 atom stereocenters. The van der Waals surface area contributed by atoms with Crippen LogP contribution in [0.4, 0.5) is 11.4 Å². The molecule has 21 heavy (non-hydrogen) atoms. The standard InChI is InChI=1S/C6H6N4O9P2/c7-9-8-4-1-2-6(5(3-4)10(11)12)18-21(16,17)19-20(13,14)15/h1-3H,(H,16,17)(H2,13,14,15)/p-3.